The molecule has 0 bridgehead atoms. The number of hydrogen-bond donors (Lipinski definition) is 2. The number of aliphatic imine (C=N–C) groups is 1. The van der Waals surface area contributed by atoms with Crippen molar-refractivity contribution in [1.29, 1.82) is 0 Å². The van der Waals surface area contributed by atoms with Crippen LogP contribution >= 0.6 is 0 Å². The molecule has 25 heavy (non-hydrogen) atoms. The van der Waals surface area contributed by atoms with Crippen molar-refractivity contribution in [3.63, 3.8) is 0 Å². The summed E-state index contributed by atoms with van der Waals surface area (Å²) in [5.74, 6) is -1.55. The van der Waals surface area contributed by atoms with E-state index in [0.717, 1.165) is 6.07 Å². The second-order valence-corrected chi connectivity index (χ2v) is 6.60. The van der Waals surface area contributed by atoms with Gasteiger partial charge in [0, 0.05) is 11.3 Å². The third kappa shape index (κ3) is 3.08. The van der Waals surface area contributed by atoms with Gasteiger partial charge in [0.25, 0.3) is 0 Å². The van der Waals surface area contributed by atoms with E-state index in [1.165, 1.54) is 12.1 Å². The number of rotatable bonds is 3. The van der Waals surface area contributed by atoms with Crippen molar-refractivity contribution < 1.29 is 27.1 Å². The number of amidine groups is 1. The summed E-state index contributed by atoms with van der Waals surface area (Å²) in [4.78, 5) is 16.3. The quantitative estimate of drug-likeness (QED) is 0.815. The second-order valence-electron chi connectivity index (χ2n) is 6.60. The molecule has 1 amide bonds. The van der Waals surface area contributed by atoms with Crippen LogP contribution in [0.5, 0.6) is 0 Å². The lowest BCUT2D eigenvalue weighted by Crippen LogP contribution is -2.38. The maximum Gasteiger partial charge on any atom is 0.403 e. The summed E-state index contributed by atoms with van der Waals surface area (Å²) in [5, 5.41) is 2.24. The van der Waals surface area contributed by atoms with E-state index in [2.05, 4.69) is 10.3 Å². The minimum absolute atomic E-state index is 0.0640. The molecular formula is C16H17F4N3O2. The number of carbonyl (C=O) groups excluding carboxylic acids is 1. The minimum Gasteiger partial charge on any atom is -0.386 e. The van der Waals surface area contributed by atoms with Crippen LogP contribution in [0.4, 0.5) is 23.2 Å². The number of amides is 1. The van der Waals surface area contributed by atoms with Crippen molar-refractivity contribution >= 4 is 17.4 Å². The molecule has 1 saturated carbocycles. The Bertz CT molecular complexity index is 743. The Morgan fingerprint density at radius 3 is 2.60 bits per heavy atom. The first-order chi connectivity index (χ1) is 11.6. The molecule has 3 N–H and O–H groups in total. The zero-order chi connectivity index (χ0) is 18.5. The van der Waals surface area contributed by atoms with Crippen LogP contribution in [0.15, 0.2) is 23.2 Å². The molecule has 0 aromatic heterocycles. The fourth-order valence-electron chi connectivity index (χ4n) is 2.90. The highest BCUT2D eigenvalue weighted by molar-refractivity contribution is 5.98. The SMILES string of the molecule is C[C@@]1(c2cc(NC(=O)C3(C(F)(F)F)CC3)ccc2F)COCC(N)=N1. The Morgan fingerprint density at radius 2 is 2.04 bits per heavy atom. The van der Waals surface area contributed by atoms with Gasteiger partial charge in [0.15, 0.2) is 0 Å². The number of nitrogens with zero attached hydrogens (tertiary/aromatic N) is 1. The summed E-state index contributed by atoms with van der Waals surface area (Å²) in [7, 11) is 0. The van der Waals surface area contributed by atoms with Crippen LogP contribution < -0.4 is 11.1 Å². The van der Waals surface area contributed by atoms with Gasteiger partial charge in [-0.1, -0.05) is 0 Å². The van der Waals surface area contributed by atoms with Gasteiger partial charge in [-0.25, -0.2) is 4.39 Å². The number of carbonyl (C=O) groups is 1. The molecule has 1 aliphatic heterocycles. The predicted octanol–water partition coefficient (Wildman–Crippen LogP) is 2.71. The highest BCUT2D eigenvalue weighted by Crippen LogP contribution is 2.58. The van der Waals surface area contributed by atoms with Gasteiger partial charge in [0.05, 0.1) is 6.61 Å². The Labute approximate surface area is 141 Å². The summed E-state index contributed by atoms with van der Waals surface area (Å²) < 4.78 is 58.6. The van der Waals surface area contributed by atoms with Crippen molar-refractivity contribution in [2.75, 3.05) is 18.5 Å². The van der Waals surface area contributed by atoms with E-state index in [1.807, 2.05) is 0 Å². The largest absolute Gasteiger partial charge is 0.403 e. The van der Waals surface area contributed by atoms with Gasteiger partial charge in [-0.2, -0.15) is 13.2 Å². The smallest absolute Gasteiger partial charge is 0.386 e. The first-order valence-corrected chi connectivity index (χ1v) is 7.68. The predicted molar refractivity (Wildman–Crippen MR) is 82.5 cm³/mol. The average molecular weight is 359 g/mol. The van der Waals surface area contributed by atoms with Crippen LogP contribution in [0.3, 0.4) is 0 Å². The van der Waals surface area contributed by atoms with Gasteiger partial charge in [-0.05, 0) is 38.0 Å². The highest BCUT2D eigenvalue weighted by Gasteiger charge is 2.68. The molecule has 9 heteroatoms. The van der Waals surface area contributed by atoms with E-state index in [4.69, 9.17) is 10.5 Å². The molecule has 136 valence electrons. The number of anilines is 1. The molecule has 0 saturated heterocycles. The fourth-order valence-corrected chi connectivity index (χ4v) is 2.90. The molecule has 5 nitrogen and oxygen atoms in total. The van der Waals surface area contributed by atoms with E-state index < -0.39 is 28.9 Å². The lowest BCUT2D eigenvalue weighted by molar-refractivity contribution is -0.189. The van der Waals surface area contributed by atoms with Crippen molar-refractivity contribution in [3.05, 3.63) is 29.6 Å². The van der Waals surface area contributed by atoms with E-state index in [0.29, 0.717) is 0 Å². The van der Waals surface area contributed by atoms with Gasteiger partial charge in [-0.15, -0.1) is 0 Å². The van der Waals surface area contributed by atoms with Crippen LogP contribution in [0, 0.1) is 11.2 Å². The molecule has 1 atom stereocenters. The van der Waals surface area contributed by atoms with Crippen LogP contribution in [-0.2, 0) is 15.1 Å². The Morgan fingerprint density at radius 1 is 1.36 bits per heavy atom. The van der Waals surface area contributed by atoms with Crippen molar-refractivity contribution in [3.8, 4) is 0 Å². The molecule has 0 radical (unpaired) electrons. The number of hydrogen-bond acceptors (Lipinski definition) is 4. The van der Waals surface area contributed by atoms with Crippen LogP contribution in [0.25, 0.3) is 0 Å². The lowest BCUT2D eigenvalue weighted by atomic mass is 9.91. The summed E-state index contributed by atoms with van der Waals surface area (Å²) in [6.07, 6.45) is -5.10. The van der Waals surface area contributed by atoms with Crippen LogP contribution in [-0.4, -0.2) is 31.1 Å². The maximum absolute atomic E-state index is 14.2. The number of benzene rings is 1. The Kier molecular flexibility index (Phi) is 4.02. The van der Waals surface area contributed by atoms with E-state index in [-0.39, 0.29) is 43.1 Å². The number of nitrogens with one attached hydrogen (secondary N) is 1. The first-order valence-electron chi connectivity index (χ1n) is 7.68. The molecule has 1 aliphatic carbocycles. The summed E-state index contributed by atoms with van der Waals surface area (Å²) >= 11 is 0. The second kappa shape index (κ2) is 5.69. The standard InChI is InChI=1S/C16H17F4N3O2/c1-14(8-25-7-12(21)23-14)10-6-9(2-3-11(10)17)22-13(24)15(4-5-15)16(18,19)20/h2-3,6H,4-5,7-8H2,1H3,(H2,21,23)(H,22,24)/t14-/m0/s1. The van der Waals surface area contributed by atoms with Gasteiger partial charge < -0.3 is 15.8 Å². The zero-order valence-corrected chi connectivity index (χ0v) is 13.4. The third-order valence-corrected chi connectivity index (χ3v) is 4.56. The minimum atomic E-state index is -4.61. The molecular weight excluding hydrogens is 342 g/mol. The van der Waals surface area contributed by atoms with E-state index >= 15 is 0 Å². The van der Waals surface area contributed by atoms with E-state index in [9.17, 15) is 22.4 Å². The number of nitrogens with two attached hydrogens (primary N) is 1. The number of ether oxygens (including phenoxy) is 1. The Hall–Kier alpha value is -2.16. The molecule has 1 aromatic rings. The molecule has 1 aromatic carbocycles. The monoisotopic (exact) mass is 359 g/mol. The Balaban J connectivity index is 1.88. The van der Waals surface area contributed by atoms with Gasteiger partial charge in [0.1, 0.15) is 29.2 Å². The molecule has 1 heterocycles. The van der Waals surface area contributed by atoms with Crippen LogP contribution in [0.2, 0.25) is 0 Å². The lowest BCUT2D eigenvalue weighted by Gasteiger charge is -2.30. The molecule has 3 rings (SSSR count). The number of halogens is 4. The fraction of sp³-hybridized carbons (Fsp3) is 0.500. The highest BCUT2D eigenvalue weighted by atomic mass is 19.4. The average Bonchev–Trinajstić information content (AvgIpc) is 3.30. The zero-order valence-electron chi connectivity index (χ0n) is 13.4. The first kappa shape index (κ1) is 17.7. The maximum atomic E-state index is 14.2. The van der Waals surface area contributed by atoms with Crippen molar-refractivity contribution in [2.24, 2.45) is 16.1 Å². The summed E-state index contributed by atoms with van der Waals surface area (Å²) in [6, 6.07) is 3.55. The summed E-state index contributed by atoms with van der Waals surface area (Å²) in [6.45, 7) is 1.79. The van der Waals surface area contributed by atoms with Crippen molar-refractivity contribution in [2.45, 2.75) is 31.5 Å². The molecule has 2 aliphatic rings. The van der Waals surface area contributed by atoms with E-state index in [1.54, 1.807) is 6.92 Å². The van der Waals surface area contributed by atoms with Gasteiger partial charge in [-0.3, -0.25) is 9.79 Å². The van der Waals surface area contributed by atoms with Crippen LogP contribution in [0.1, 0.15) is 25.3 Å². The summed E-state index contributed by atoms with van der Waals surface area (Å²) in [5.41, 5.74) is 2.33. The normalized spacial score (nSPS) is 25.2. The molecule has 0 spiro atoms. The number of alkyl halides is 3. The topological polar surface area (TPSA) is 76.7 Å². The van der Waals surface area contributed by atoms with Gasteiger partial charge >= 0.3 is 6.18 Å². The third-order valence-electron chi connectivity index (χ3n) is 4.56. The molecule has 1 fully saturated rings. The van der Waals surface area contributed by atoms with Gasteiger partial charge in [0.2, 0.25) is 5.91 Å². The molecule has 0 unspecified atom stereocenters. The van der Waals surface area contributed by atoms with Crippen molar-refractivity contribution in [1.82, 2.24) is 0 Å².